The van der Waals surface area contributed by atoms with Crippen LogP contribution in [0.4, 0.5) is 4.39 Å². The predicted octanol–water partition coefficient (Wildman–Crippen LogP) is 3.32. The van der Waals surface area contributed by atoms with E-state index in [2.05, 4.69) is 0 Å². The van der Waals surface area contributed by atoms with Crippen LogP contribution in [0, 0.1) is 18.7 Å². The van der Waals surface area contributed by atoms with Gasteiger partial charge in [0, 0.05) is 6.04 Å². The van der Waals surface area contributed by atoms with Crippen LogP contribution in [-0.2, 0) is 0 Å². The molecule has 2 rings (SSSR count). The quantitative estimate of drug-likeness (QED) is 0.791. The average Bonchev–Trinajstić information content (AvgIpc) is 2.74. The van der Waals surface area contributed by atoms with Crippen LogP contribution in [0.25, 0.3) is 0 Å². The lowest BCUT2D eigenvalue weighted by molar-refractivity contribution is 0.443. The van der Waals surface area contributed by atoms with Crippen molar-refractivity contribution in [1.82, 2.24) is 0 Å². The highest BCUT2D eigenvalue weighted by atomic mass is 19.1. The monoisotopic (exact) mass is 207 g/mol. The van der Waals surface area contributed by atoms with Crippen LogP contribution in [0.15, 0.2) is 18.2 Å². The molecule has 0 aromatic heterocycles. The van der Waals surface area contributed by atoms with Crippen molar-refractivity contribution < 1.29 is 4.39 Å². The predicted molar refractivity (Wildman–Crippen MR) is 60.0 cm³/mol. The van der Waals surface area contributed by atoms with Crippen LogP contribution >= 0.6 is 0 Å². The van der Waals surface area contributed by atoms with E-state index in [0.717, 1.165) is 5.56 Å². The zero-order chi connectivity index (χ0) is 10.8. The first-order valence-electron chi connectivity index (χ1n) is 5.70. The van der Waals surface area contributed by atoms with Crippen molar-refractivity contribution in [3.8, 4) is 0 Å². The SMILES string of the molecule is Cc1ccc([C@H](N)C2CCCC2)cc1F. The van der Waals surface area contributed by atoms with Crippen molar-refractivity contribution in [2.24, 2.45) is 11.7 Å². The van der Waals surface area contributed by atoms with Gasteiger partial charge in [-0.25, -0.2) is 4.39 Å². The van der Waals surface area contributed by atoms with Gasteiger partial charge in [0.15, 0.2) is 0 Å². The highest BCUT2D eigenvalue weighted by Gasteiger charge is 2.23. The molecule has 1 aliphatic rings. The maximum Gasteiger partial charge on any atom is 0.126 e. The van der Waals surface area contributed by atoms with Gasteiger partial charge in [0.2, 0.25) is 0 Å². The molecule has 0 heterocycles. The first kappa shape index (κ1) is 10.6. The second-order valence-electron chi connectivity index (χ2n) is 4.58. The minimum Gasteiger partial charge on any atom is -0.324 e. The van der Waals surface area contributed by atoms with Gasteiger partial charge < -0.3 is 5.73 Å². The maximum absolute atomic E-state index is 13.4. The second kappa shape index (κ2) is 4.31. The molecule has 0 unspecified atom stereocenters. The van der Waals surface area contributed by atoms with Gasteiger partial charge in [-0.3, -0.25) is 0 Å². The van der Waals surface area contributed by atoms with E-state index >= 15 is 0 Å². The van der Waals surface area contributed by atoms with Gasteiger partial charge in [-0.1, -0.05) is 25.0 Å². The van der Waals surface area contributed by atoms with E-state index in [-0.39, 0.29) is 11.9 Å². The van der Waals surface area contributed by atoms with Gasteiger partial charge in [-0.05, 0) is 42.9 Å². The molecule has 82 valence electrons. The lowest BCUT2D eigenvalue weighted by Gasteiger charge is -2.19. The maximum atomic E-state index is 13.4. The van der Waals surface area contributed by atoms with Crippen LogP contribution in [-0.4, -0.2) is 0 Å². The van der Waals surface area contributed by atoms with E-state index in [1.165, 1.54) is 25.7 Å². The van der Waals surface area contributed by atoms with E-state index in [1.54, 1.807) is 13.0 Å². The molecule has 2 heteroatoms. The van der Waals surface area contributed by atoms with Crippen molar-refractivity contribution in [2.75, 3.05) is 0 Å². The van der Waals surface area contributed by atoms with Crippen LogP contribution in [0.3, 0.4) is 0 Å². The Morgan fingerprint density at radius 3 is 2.60 bits per heavy atom. The minimum atomic E-state index is -0.138. The highest BCUT2D eigenvalue weighted by Crippen LogP contribution is 2.34. The zero-order valence-electron chi connectivity index (χ0n) is 9.17. The summed E-state index contributed by atoms with van der Waals surface area (Å²) in [6.07, 6.45) is 4.92. The zero-order valence-corrected chi connectivity index (χ0v) is 9.17. The highest BCUT2D eigenvalue weighted by molar-refractivity contribution is 5.26. The molecule has 0 radical (unpaired) electrons. The molecule has 1 aromatic rings. The summed E-state index contributed by atoms with van der Waals surface area (Å²) in [5.74, 6) is 0.410. The van der Waals surface area contributed by atoms with Crippen molar-refractivity contribution in [3.63, 3.8) is 0 Å². The molecule has 1 fully saturated rings. The Morgan fingerprint density at radius 1 is 1.33 bits per heavy atom. The van der Waals surface area contributed by atoms with E-state index in [9.17, 15) is 4.39 Å². The number of aryl methyl sites for hydroxylation is 1. The molecule has 0 saturated heterocycles. The van der Waals surface area contributed by atoms with Crippen LogP contribution in [0.5, 0.6) is 0 Å². The van der Waals surface area contributed by atoms with Gasteiger partial charge in [-0.15, -0.1) is 0 Å². The Balaban J connectivity index is 2.17. The fourth-order valence-corrected chi connectivity index (χ4v) is 2.41. The van der Waals surface area contributed by atoms with Gasteiger partial charge in [0.1, 0.15) is 5.82 Å². The summed E-state index contributed by atoms with van der Waals surface area (Å²) in [4.78, 5) is 0. The van der Waals surface area contributed by atoms with Crippen molar-refractivity contribution >= 4 is 0 Å². The molecule has 0 bridgehead atoms. The molecule has 2 N–H and O–H groups in total. The van der Waals surface area contributed by atoms with E-state index < -0.39 is 0 Å². The number of hydrogen-bond donors (Lipinski definition) is 1. The summed E-state index contributed by atoms with van der Waals surface area (Å²) in [6.45, 7) is 1.78. The van der Waals surface area contributed by atoms with Crippen molar-refractivity contribution in [3.05, 3.63) is 35.1 Å². The van der Waals surface area contributed by atoms with Crippen LogP contribution in [0.2, 0.25) is 0 Å². The fourth-order valence-electron chi connectivity index (χ4n) is 2.41. The number of halogens is 1. The van der Waals surface area contributed by atoms with E-state index in [4.69, 9.17) is 5.73 Å². The van der Waals surface area contributed by atoms with Gasteiger partial charge >= 0.3 is 0 Å². The molecule has 15 heavy (non-hydrogen) atoms. The Bertz CT molecular complexity index is 342. The molecule has 0 amide bonds. The molecule has 0 aliphatic heterocycles. The standard InChI is InChI=1S/C13H18FN/c1-9-6-7-11(8-12(9)14)13(15)10-4-2-3-5-10/h6-8,10,13H,2-5,15H2,1H3/t13-/m1/s1. The third-order valence-corrected chi connectivity index (χ3v) is 3.49. The summed E-state index contributed by atoms with van der Waals surface area (Å²) in [5.41, 5.74) is 7.79. The molecule has 1 saturated carbocycles. The summed E-state index contributed by atoms with van der Waals surface area (Å²) in [6, 6.07) is 5.39. The first-order valence-corrected chi connectivity index (χ1v) is 5.70. The topological polar surface area (TPSA) is 26.0 Å². The second-order valence-corrected chi connectivity index (χ2v) is 4.58. The third kappa shape index (κ3) is 2.20. The van der Waals surface area contributed by atoms with Gasteiger partial charge in [0.25, 0.3) is 0 Å². The van der Waals surface area contributed by atoms with Crippen LogP contribution in [0.1, 0.15) is 42.9 Å². The average molecular weight is 207 g/mol. The Labute approximate surface area is 90.5 Å². The lowest BCUT2D eigenvalue weighted by atomic mass is 9.92. The fraction of sp³-hybridized carbons (Fsp3) is 0.538. The van der Waals surface area contributed by atoms with E-state index in [1.807, 2.05) is 12.1 Å². The van der Waals surface area contributed by atoms with Gasteiger partial charge in [0.05, 0.1) is 0 Å². The smallest absolute Gasteiger partial charge is 0.126 e. The molecule has 1 atom stereocenters. The lowest BCUT2D eigenvalue weighted by Crippen LogP contribution is -2.19. The van der Waals surface area contributed by atoms with Crippen LogP contribution < -0.4 is 5.73 Å². The number of benzene rings is 1. The molecule has 1 nitrogen and oxygen atoms in total. The van der Waals surface area contributed by atoms with Crippen molar-refractivity contribution in [2.45, 2.75) is 38.6 Å². The number of nitrogens with two attached hydrogens (primary N) is 1. The summed E-state index contributed by atoms with van der Waals surface area (Å²) >= 11 is 0. The molecular weight excluding hydrogens is 189 g/mol. The van der Waals surface area contributed by atoms with Crippen molar-refractivity contribution in [1.29, 1.82) is 0 Å². The number of rotatable bonds is 2. The molecular formula is C13H18FN. The molecule has 0 spiro atoms. The van der Waals surface area contributed by atoms with E-state index in [0.29, 0.717) is 11.5 Å². The third-order valence-electron chi connectivity index (χ3n) is 3.49. The minimum absolute atomic E-state index is 0.0163. The summed E-state index contributed by atoms with van der Waals surface area (Å²) in [5, 5.41) is 0. The number of hydrogen-bond acceptors (Lipinski definition) is 1. The van der Waals surface area contributed by atoms with Gasteiger partial charge in [-0.2, -0.15) is 0 Å². The summed E-state index contributed by atoms with van der Waals surface area (Å²) in [7, 11) is 0. The Hall–Kier alpha value is -0.890. The summed E-state index contributed by atoms with van der Waals surface area (Å²) < 4.78 is 13.4. The normalized spacial score (nSPS) is 19.4. The Kier molecular flexibility index (Phi) is 3.06. The Morgan fingerprint density at radius 2 is 2.00 bits per heavy atom. The largest absolute Gasteiger partial charge is 0.324 e. The molecule has 1 aliphatic carbocycles. The first-order chi connectivity index (χ1) is 7.18. The molecule has 1 aromatic carbocycles.